The van der Waals surface area contributed by atoms with Crippen molar-refractivity contribution in [3.8, 4) is 34.1 Å². The highest BCUT2D eigenvalue weighted by atomic mass is 16.7. The Balaban J connectivity index is 0.000000137. The number of epoxide rings is 1. The maximum absolute atomic E-state index is 11.3. The van der Waals surface area contributed by atoms with Gasteiger partial charge in [0.25, 0.3) is 0 Å². The fraction of sp³-hybridized carbons (Fsp3) is 0.567. The van der Waals surface area contributed by atoms with Gasteiger partial charge in [0, 0.05) is 0 Å². The van der Waals surface area contributed by atoms with E-state index >= 15 is 0 Å². The molecule has 3 heterocycles. The average molecular weight is 1030 g/mol. The summed E-state index contributed by atoms with van der Waals surface area (Å²) in [5.74, 6) is 7.07. The number of carbonyl (C=O) groups is 1. The van der Waals surface area contributed by atoms with Crippen LogP contribution in [-0.4, -0.2) is 42.0 Å². The molecule has 3 aliphatic heterocycles. The largest absolute Gasteiger partial charge is 0.461 e. The van der Waals surface area contributed by atoms with Gasteiger partial charge in [0.2, 0.25) is 13.6 Å². The number of carbonyl (C=O) groups excluding carboxylic acids is 1. The maximum Gasteiger partial charge on any atom is 0.308 e. The summed E-state index contributed by atoms with van der Waals surface area (Å²) in [6.45, 7) is 35.5. The van der Waals surface area contributed by atoms with Gasteiger partial charge in [-0.05, 0) is 210 Å². The molecule has 2 aromatic rings. The number of rotatable bonds is 6. The number of aliphatic hydroxyl groups is 1. The Labute approximate surface area is 452 Å². The van der Waals surface area contributed by atoms with Crippen molar-refractivity contribution in [2.75, 3.05) is 13.6 Å². The van der Waals surface area contributed by atoms with Crippen LogP contribution < -0.4 is 18.9 Å². The highest BCUT2D eigenvalue weighted by Crippen LogP contribution is 2.59. The quantitative estimate of drug-likeness (QED) is 0.116. The summed E-state index contributed by atoms with van der Waals surface area (Å²) < 4.78 is 31.8. The van der Waals surface area contributed by atoms with Gasteiger partial charge in [-0.15, -0.1) is 0 Å². The second kappa shape index (κ2) is 24.5. The van der Waals surface area contributed by atoms with E-state index < -0.39 is 5.60 Å². The monoisotopic (exact) mass is 1020 g/mol. The zero-order valence-corrected chi connectivity index (χ0v) is 48.3. The van der Waals surface area contributed by atoms with E-state index in [0.29, 0.717) is 35.9 Å². The van der Waals surface area contributed by atoms with E-state index in [-0.39, 0.29) is 30.9 Å². The summed E-state index contributed by atoms with van der Waals surface area (Å²) in [6.07, 6.45) is 17.2. The predicted molar refractivity (Wildman–Crippen MR) is 306 cm³/mol. The first-order chi connectivity index (χ1) is 35.5. The molecule has 3 fully saturated rings. The molecular weight excluding hydrogens is 933 g/mol. The number of aryl methyl sites for hydroxylation is 2. The molecule has 75 heavy (non-hydrogen) atoms. The minimum absolute atomic E-state index is 0.103. The molecule has 1 saturated heterocycles. The van der Waals surface area contributed by atoms with E-state index in [1.807, 2.05) is 83.2 Å². The predicted octanol–water partition coefficient (Wildman–Crippen LogP) is 17.0. The zero-order valence-electron chi connectivity index (χ0n) is 48.3. The first-order valence-electron chi connectivity index (χ1n) is 28.3. The zero-order chi connectivity index (χ0) is 54.4. The van der Waals surface area contributed by atoms with Crippen LogP contribution in [0.25, 0.3) is 17.2 Å². The number of allylic oxidation sites excluding steroid dienone is 4. The highest BCUT2D eigenvalue weighted by Gasteiger charge is 2.56. The second-order valence-electron chi connectivity index (χ2n) is 24.8. The van der Waals surface area contributed by atoms with E-state index in [2.05, 4.69) is 99.2 Å². The van der Waals surface area contributed by atoms with E-state index in [1.165, 1.54) is 91.2 Å². The van der Waals surface area contributed by atoms with Gasteiger partial charge in [0.05, 0.1) is 23.2 Å². The fourth-order valence-corrected chi connectivity index (χ4v) is 12.2. The van der Waals surface area contributed by atoms with Crippen LogP contribution in [-0.2, 0) is 20.9 Å². The van der Waals surface area contributed by atoms with Crippen LogP contribution >= 0.6 is 0 Å². The molecule has 8 heteroatoms. The van der Waals surface area contributed by atoms with Gasteiger partial charge < -0.3 is 33.5 Å². The SMILES string of the molecule is C/C=C/c1ccc2c(c1)OCO2.C=C1CC[C@H]2O[C@]2(C)CC[C@@H]2[C@@H]1CC2(C)C.CC(C)C(=O)OCc1ccc2c(c1)OCO2.C[C@H]1CC[C@@H](C(C)(C)O)CC2=C1CC[C@@H]2C.Cc1ccc(C(C)C)cc2c(C)ccc1-2. The lowest BCUT2D eigenvalue weighted by molar-refractivity contribution is -0.148. The summed E-state index contributed by atoms with van der Waals surface area (Å²) >= 11 is 0. The third-order valence-corrected chi connectivity index (χ3v) is 17.5. The Morgan fingerprint density at radius 1 is 0.773 bits per heavy atom. The molecule has 8 nitrogen and oxygen atoms in total. The van der Waals surface area contributed by atoms with Crippen LogP contribution in [0.15, 0.2) is 96.1 Å². The van der Waals surface area contributed by atoms with Crippen LogP contribution in [0.2, 0.25) is 0 Å². The third-order valence-electron chi connectivity index (χ3n) is 17.5. The number of esters is 1. The normalized spacial score (nSPS) is 25.7. The van der Waals surface area contributed by atoms with Crippen LogP contribution in [0.5, 0.6) is 23.0 Å². The maximum atomic E-state index is 11.3. The summed E-state index contributed by atoms with van der Waals surface area (Å²) in [7, 11) is 0. The molecule has 2 saturated carbocycles. The Bertz CT molecular complexity index is 2630. The van der Waals surface area contributed by atoms with E-state index in [9.17, 15) is 9.90 Å². The van der Waals surface area contributed by atoms with Crippen molar-refractivity contribution in [1.82, 2.24) is 0 Å². The number of hydrogen-bond acceptors (Lipinski definition) is 8. The van der Waals surface area contributed by atoms with E-state index in [1.54, 1.807) is 11.1 Å². The molecule has 408 valence electrons. The van der Waals surface area contributed by atoms with Crippen LogP contribution in [0.3, 0.4) is 0 Å². The molecule has 0 spiro atoms. The summed E-state index contributed by atoms with van der Waals surface area (Å²) in [5, 5.41) is 10.2. The summed E-state index contributed by atoms with van der Waals surface area (Å²) in [5.41, 5.74) is 14.2. The van der Waals surface area contributed by atoms with Crippen molar-refractivity contribution in [3.63, 3.8) is 0 Å². The Morgan fingerprint density at radius 2 is 1.41 bits per heavy atom. The van der Waals surface area contributed by atoms with Crippen molar-refractivity contribution >= 4 is 12.0 Å². The minimum Gasteiger partial charge on any atom is -0.461 e. The molecule has 0 unspecified atom stereocenters. The van der Waals surface area contributed by atoms with Crippen LogP contribution in [0.4, 0.5) is 0 Å². The molecule has 11 rings (SSSR count). The molecule has 0 bridgehead atoms. The van der Waals surface area contributed by atoms with Crippen LogP contribution in [0, 0.1) is 54.8 Å². The van der Waals surface area contributed by atoms with E-state index in [0.717, 1.165) is 58.5 Å². The van der Waals surface area contributed by atoms with Gasteiger partial charge in [-0.25, -0.2) is 0 Å². The highest BCUT2D eigenvalue weighted by molar-refractivity contribution is 5.74. The minimum atomic E-state index is -0.509. The number of hydrogen-bond donors (Lipinski definition) is 1. The topological polar surface area (TPSA) is 96.0 Å². The number of fused-ring (bicyclic) bond motifs is 5. The first-order valence-corrected chi connectivity index (χ1v) is 28.3. The summed E-state index contributed by atoms with van der Waals surface area (Å²) in [6, 6.07) is 22.7. The van der Waals surface area contributed by atoms with Gasteiger partial charge >= 0.3 is 5.97 Å². The lowest BCUT2D eigenvalue weighted by atomic mass is 9.52. The van der Waals surface area contributed by atoms with Crippen LogP contribution in [0.1, 0.15) is 181 Å². The molecule has 1 N–H and O–H groups in total. The summed E-state index contributed by atoms with van der Waals surface area (Å²) in [4.78, 5) is 11.3. The average Bonchev–Trinajstić information content (AvgIpc) is 3.84. The number of ether oxygens (including phenoxy) is 6. The van der Waals surface area contributed by atoms with Crippen molar-refractivity contribution < 1.29 is 38.3 Å². The molecule has 9 aliphatic rings. The Hall–Kier alpha value is -5.05. The Morgan fingerprint density at radius 3 is 2.07 bits per heavy atom. The smallest absolute Gasteiger partial charge is 0.308 e. The molecule has 7 atom stereocenters. The van der Waals surface area contributed by atoms with E-state index in [4.69, 9.17) is 28.4 Å². The van der Waals surface area contributed by atoms with Gasteiger partial charge in [-0.3, -0.25) is 4.79 Å². The molecular formula is C67H92O8. The molecule has 2 aromatic carbocycles. The molecule has 0 aromatic heterocycles. The molecule has 0 radical (unpaired) electrons. The van der Waals surface area contributed by atoms with Crippen molar-refractivity contribution in [3.05, 3.63) is 124 Å². The lowest BCUT2D eigenvalue weighted by Crippen LogP contribution is -2.44. The van der Waals surface area contributed by atoms with Crippen molar-refractivity contribution in [2.24, 2.45) is 40.9 Å². The second-order valence-corrected chi connectivity index (χ2v) is 24.8. The van der Waals surface area contributed by atoms with Gasteiger partial charge in [-0.2, -0.15) is 0 Å². The molecule has 6 aliphatic carbocycles. The Kier molecular flexibility index (Phi) is 18.8. The standard InChI is InChI=1S/C15H24O.C15H26O.C15H18.C12H14O4.C10H10O2/c1-10-5-6-13-15(4,16-13)8-7-12-11(10)9-14(12,2)3;1-10-5-7-12(15(3,4)16)9-14-11(2)6-8-13(10)14;1-10(2)13-7-5-11(3)14-8-6-12(4)15(14)9-13;1-8(2)12(13)14-6-9-3-4-10-11(5-9)16-7-15-10;1-2-3-8-4-5-9-10(6-8)12-7-11-9/h11-13H,1,5-9H2,2-4H3;10-12,16H,5-9H2,1-4H3;5-10H,1-4H3;3-5,8H,6-7H2,1-2H3;2-6H,7H2,1H3/b;;;;3-2+/t11-,12-,13-,15-;10-,11-,12+;;;/m10.../s1. The van der Waals surface area contributed by atoms with Crippen molar-refractivity contribution in [2.45, 2.75) is 191 Å². The van der Waals surface area contributed by atoms with Crippen molar-refractivity contribution in [1.29, 1.82) is 0 Å². The number of benzene rings is 2. The first kappa shape index (κ1) is 57.7. The molecule has 0 amide bonds. The van der Waals surface area contributed by atoms with Gasteiger partial charge in [0.15, 0.2) is 23.0 Å². The third kappa shape index (κ3) is 14.5. The van der Waals surface area contributed by atoms with Gasteiger partial charge in [0.1, 0.15) is 6.61 Å². The fourth-order valence-electron chi connectivity index (χ4n) is 12.2. The van der Waals surface area contributed by atoms with Gasteiger partial charge in [-0.1, -0.05) is 133 Å². The lowest BCUT2D eigenvalue weighted by Gasteiger charge is -2.53.